The van der Waals surface area contributed by atoms with Crippen LogP contribution in [-0.2, 0) is 15.8 Å². The molecule has 2 aliphatic heterocycles. The van der Waals surface area contributed by atoms with Gasteiger partial charge in [0.15, 0.2) is 11.0 Å². The van der Waals surface area contributed by atoms with E-state index < -0.39 is 11.0 Å². The largest absolute Gasteiger partial charge is 0.490 e. The zero-order chi connectivity index (χ0) is 18.8. The van der Waals surface area contributed by atoms with E-state index in [1.165, 1.54) is 18.2 Å². The lowest BCUT2D eigenvalue weighted by atomic mass is 9.95. The molecule has 2 aliphatic rings. The molecule has 3 unspecified atom stereocenters. The number of carbonyl (C=O) groups is 1. The molecule has 1 fully saturated rings. The molecule has 0 aliphatic carbocycles. The molecule has 27 heavy (non-hydrogen) atoms. The van der Waals surface area contributed by atoms with Crippen molar-refractivity contribution >= 4 is 21.8 Å². The summed E-state index contributed by atoms with van der Waals surface area (Å²) in [6.45, 7) is 0.824. The predicted molar refractivity (Wildman–Crippen MR) is 101 cm³/mol. The Morgan fingerprint density at radius 3 is 2.48 bits per heavy atom. The van der Waals surface area contributed by atoms with Crippen molar-refractivity contribution < 1.29 is 18.1 Å². The molecule has 0 radical (unpaired) electrons. The second-order valence-electron chi connectivity index (χ2n) is 6.59. The Balaban J connectivity index is 1.41. The van der Waals surface area contributed by atoms with Gasteiger partial charge < -0.3 is 10.1 Å². The number of rotatable bonds is 4. The van der Waals surface area contributed by atoms with Crippen LogP contribution in [-0.4, -0.2) is 22.8 Å². The molecule has 2 N–H and O–H groups in total. The summed E-state index contributed by atoms with van der Waals surface area (Å²) in [6.07, 6.45) is 3.08. The molecule has 7 heteroatoms. The number of carbonyl (C=O) groups excluding carboxylic acids is 1. The number of amides is 1. The number of ether oxygens (including phenoxy) is 1. The minimum absolute atomic E-state index is 0.0511. The summed E-state index contributed by atoms with van der Waals surface area (Å²) in [6, 6.07) is 13.9. The fourth-order valence-corrected chi connectivity index (χ4v) is 4.28. The van der Waals surface area contributed by atoms with Gasteiger partial charge in [0.25, 0.3) is 5.91 Å². The number of benzene rings is 2. The van der Waals surface area contributed by atoms with Gasteiger partial charge in [0.05, 0.1) is 4.91 Å². The summed E-state index contributed by atoms with van der Waals surface area (Å²) in [5, 5.41) is 3.44. The summed E-state index contributed by atoms with van der Waals surface area (Å²) >= 11 is 0. The molecular formula is C20H19FN2O3S. The van der Waals surface area contributed by atoms with Gasteiger partial charge in [-0.05, 0) is 48.4 Å². The molecular weight excluding hydrogens is 367 g/mol. The Hall–Kier alpha value is -2.51. The number of halogens is 1. The van der Waals surface area contributed by atoms with E-state index in [-0.39, 0.29) is 23.9 Å². The van der Waals surface area contributed by atoms with E-state index in [9.17, 15) is 13.4 Å². The van der Waals surface area contributed by atoms with Crippen molar-refractivity contribution in [1.82, 2.24) is 10.0 Å². The molecule has 2 aromatic carbocycles. The van der Waals surface area contributed by atoms with Crippen molar-refractivity contribution in [1.29, 1.82) is 0 Å². The summed E-state index contributed by atoms with van der Waals surface area (Å²) in [5.74, 6) is 0.148. The first-order valence-electron chi connectivity index (χ1n) is 8.78. The van der Waals surface area contributed by atoms with Crippen LogP contribution in [0.3, 0.4) is 0 Å². The molecule has 1 amide bonds. The molecule has 1 saturated heterocycles. The Kier molecular flexibility index (Phi) is 5.05. The smallest absolute Gasteiger partial charge is 0.257 e. The van der Waals surface area contributed by atoms with Gasteiger partial charge in [-0.15, -0.1) is 0 Å². The van der Waals surface area contributed by atoms with E-state index in [0.29, 0.717) is 4.91 Å². The average Bonchev–Trinajstić information content (AvgIpc) is 3.01. The van der Waals surface area contributed by atoms with E-state index in [1.807, 2.05) is 12.1 Å². The monoisotopic (exact) mass is 386 g/mol. The first-order chi connectivity index (χ1) is 13.1. The lowest BCUT2D eigenvalue weighted by molar-refractivity contribution is -0.114. The lowest BCUT2D eigenvalue weighted by Crippen LogP contribution is -2.37. The van der Waals surface area contributed by atoms with Crippen LogP contribution in [0, 0.1) is 5.82 Å². The van der Waals surface area contributed by atoms with Gasteiger partial charge in [-0.25, -0.2) is 8.60 Å². The summed E-state index contributed by atoms with van der Waals surface area (Å²) in [5.41, 5.74) is 1.78. The van der Waals surface area contributed by atoms with E-state index in [2.05, 4.69) is 10.0 Å². The predicted octanol–water partition coefficient (Wildman–Crippen LogP) is 2.83. The standard InChI is InChI=1S/C20H19FN2O3S/c21-15-5-1-13(2-6-15)18-11-17(9-10-22-18)26-16-7-3-14(4-8-16)19-12-20(24)23-27(19)25/h1-8,12,17-18,22H,9-11H2,(H,23,24). The van der Waals surface area contributed by atoms with Crippen LogP contribution in [0.4, 0.5) is 4.39 Å². The zero-order valence-corrected chi connectivity index (χ0v) is 15.3. The van der Waals surface area contributed by atoms with E-state index >= 15 is 0 Å². The number of hydrogen-bond acceptors (Lipinski definition) is 4. The Morgan fingerprint density at radius 2 is 1.81 bits per heavy atom. The molecule has 2 heterocycles. The van der Waals surface area contributed by atoms with Gasteiger partial charge >= 0.3 is 0 Å². The highest BCUT2D eigenvalue weighted by Gasteiger charge is 2.25. The highest BCUT2D eigenvalue weighted by Crippen LogP contribution is 2.28. The highest BCUT2D eigenvalue weighted by molar-refractivity contribution is 7.93. The first kappa shape index (κ1) is 17.9. The Labute approximate surface area is 159 Å². The number of hydrogen-bond donors (Lipinski definition) is 2. The number of piperidine rings is 1. The third-order valence-electron chi connectivity index (χ3n) is 4.72. The SMILES string of the molecule is O=C1C=C(c2ccc(OC3CCNC(c4ccc(F)cc4)C3)cc2)S(=O)N1. The summed E-state index contributed by atoms with van der Waals surface area (Å²) in [4.78, 5) is 11.8. The first-order valence-corrected chi connectivity index (χ1v) is 9.93. The average molecular weight is 386 g/mol. The molecule has 0 spiro atoms. The van der Waals surface area contributed by atoms with Crippen LogP contribution in [0.1, 0.15) is 30.0 Å². The Morgan fingerprint density at radius 1 is 1.07 bits per heavy atom. The maximum Gasteiger partial charge on any atom is 0.257 e. The third-order valence-corrected chi connectivity index (χ3v) is 5.86. The van der Waals surface area contributed by atoms with Gasteiger partial charge in [0.2, 0.25) is 0 Å². The minimum atomic E-state index is -1.50. The minimum Gasteiger partial charge on any atom is -0.490 e. The lowest BCUT2D eigenvalue weighted by Gasteiger charge is -2.31. The maximum atomic E-state index is 13.1. The van der Waals surface area contributed by atoms with Crippen molar-refractivity contribution in [3.05, 3.63) is 71.6 Å². The highest BCUT2D eigenvalue weighted by atomic mass is 32.2. The van der Waals surface area contributed by atoms with Crippen molar-refractivity contribution in [3.63, 3.8) is 0 Å². The van der Waals surface area contributed by atoms with Gasteiger partial charge in [-0.1, -0.05) is 24.3 Å². The van der Waals surface area contributed by atoms with Crippen molar-refractivity contribution in [2.24, 2.45) is 0 Å². The van der Waals surface area contributed by atoms with Crippen LogP contribution >= 0.6 is 0 Å². The van der Waals surface area contributed by atoms with Crippen LogP contribution < -0.4 is 14.8 Å². The van der Waals surface area contributed by atoms with Crippen molar-refractivity contribution in [3.8, 4) is 5.75 Å². The van der Waals surface area contributed by atoms with E-state index in [4.69, 9.17) is 4.74 Å². The Bertz CT molecular complexity index is 896. The van der Waals surface area contributed by atoms with Gasteiger partial charge in [-0.3, -0.25) is 9.52 Å². The van der Waals surface area contributed by atoms with Gasteiger partial charge in [-0.2, -0.15) is 0 Å². The molecule has 2 aromatic rings. The maximum absolute atomic E-state index is 13.1. The molecule has 3 atom stereocenters. The number of nitrogens with one attached hydrogen (secondary N) is 2. The molecule has 0 saturated carbocycles. The molecule has 0 aromatic heterocycles. The molecule has 140 valence electrons. The second kappa shape index (κ2) is 7.62. The molecule has 0 bridgehead atoms. The van der Waals surface area contributed by atoms with E-state index in [1.54, 1.807) is 24.3 Å². The third kappa shape index (κ3) is 4.09. The molecule has 5 nitrogen and oxygen atoms in total. The topological polar surface area (TPSA) is 67.4 Å². The fourth-order valence-electron chi connectivity index (χ4n) is 3.37. The molecule has 4 rings (SSSR count). The van der Waals surface area contributed by atoms with Crippen LogP contribution in [0.15, 0.2) is 54.6 Å². The van der Waals surface area contributed by atoms with E-state index in [0.717, 1.165) is 36.3 Å². The van der Waals surface area contributed by atoms with Crippen molar-refractivity contribution in [2.75, 3.05) is 6.54 Å². The summed E-state index contributed by atoms with van der Waals surface area (Å²) in [7, 11) is -1.50. The van der Waals surface area contributed by atoms with Crippen LogP contribution in [0.5, 0.6) is 5.75 Å². The zero-order valence-electron chi connectivity index (χ0n) is 14.5. The van der Waals surface area contributed by atoms with Crippen LogP contribution in [0.2, 0.25) is 0 Å². The normalized spacial score (nSPS) is 25.0. The van der Waals surface area contributed by atoms with Gasteiger partial charge in [0, 0.05) is 18.5 Å². The van der Waals surface area contributed by atoms with Crippen molar-refractivity contribution in [2.45, 2.75) is 25.0 Å². The fraction of sp³-hybridized carbons (Fsp3) is 0.250. The summed E-state index contributed by atoms with van der Waals surface area (Å²) < 4.78 is 33.4. The van der Waals surface area contributed by atoms with Gasteiger partial charge in [0.1, 0.15) is 17.7 Å². The quantitative estimate of drug-likeness (QED) is 0.848. The van der Waals surface area contributed by atoms with Crippen LogP contribution in [0.25, 0.3) is 4.91 Å². The second-order valence-corrected chi connectivity index (χ2v) is 7.77.